The Balaban J connectivity index is 1.56. The first-order valence-corrected chi connectivity index (χ1v) is 10.3. The zero-order chi connectivity index (χ0) is 19.7. The van der Waals surface area contributed by atoms with Gasteiger partial charge in [0.15, 0.2) is 5.92 Å². The number of nitrogens with zero attached hydrogens (tertiary/aromatic N) is 1. The van der Waals surface area contributed by atoms with E-state index in [-0.39, 0.29) is 6.04 Å². The second kappa shape index (κ2) is 7.78. The van der Waals surface area contributed by atoms with Crippen LogP contribution in [0.3, 0.4) is 0 Å². The summed E-state index contributed by atoms with van der Waals surface area (Å²) in [7, 11) is 0. The standard InChI is InChI=1S/C22H27N3O3/c1-2-18(23-16-12-11-14-7-6-8-15(14)13-16)19-20(26)24-22(28)25(21(19)27)17-9-4-3-5-10-17/h2,11-13,17,19,23H,3-10H2,1H3,(H,24,26,28)/b18-2+/t19-/m1/s1. The van der Waals surface area contributed by atoms with Crippen molar-refractivity contribution in [3.63, 3.8) is 0 Å². The first-order valence-electron chi connectivity index (χ1n) is 10.3. The van der Waals surface area contributed by atoms with Crippen molar-refractivity contribution in [3.05, 3.63) is 41.1 Å². The normalized spacial score (nSPS) is 23.6. The number of hydrogen-bond acceptors (Lipinski definition) is 4. The van der Waals surface area contributed by atoms with E-state index in [1.54, 1.807) is 13.0 Å². The smallest absolute Gasteiger partial charge is 0.331 e. The highest BCUT2D eigenvalue weighted by atomic mass is 16.2. The van der Waals surface area contributed by atoms with E-state index in [4.69, 9.17) is 0 Å². The maximum Gasteiger partial charge on any atom is 0.331 e. The van der Waals surface area contributed by atoms with E-state index in [0.29, 0.717) is 5.70 Å². The van der Waals surface area contributed by atoms with E-state index in [1.165, 1.54) is 16.0 Å². The summed E-state index contributed by atoms with van der Waals surface area (Å²) in [6, 6.07) is 5.50. The van der Waals surface area contributed by atoms with Gasteiger partial charge in [0, 0.05) is 17.4 Å². The largest absolute Gasteiger partial charge is 0.358 e. The third-order valence-corrected chi connectivity index (χ3v) is 6.14. The highest BCUT2D eigenvalue weighted by Crippen LogP contribution is 2.30. The first-order chi connectivity index (χ1) is 13.6. The number of aryl methyl sites for hydroxylation is 2. The summed E-state index contributed by atoms with van der Waals surface area (Å²) >= 11 is 0. The molecule has 6 nitrogen and oxygen atoms in total. The molecule has 1 saturated carbocycles. The molecular formula is C22H27N3O3. The lowest BCUT2D eigenvalue weighted by atomic mass is 9.91. The summed E-state index contributed by atoms with van der Waals surface area (Å²) in [6.45, 7) is 1.80. The summed E-state index contributed by atoms with van der Waals surface area (Å²) in [6.07, 6.45) is 9.84. The predicted molar refractivity (Wildman–Crippen MR) is 107 cm³/mol. The Morgan fingerprint density at radius 2 is 1.82 bits per heavy atom. The van der Waals surface area contributed by atoms with Crippen molar-refractivity contribution in [1.82, 2.24) is 10.2 Å². The molecule has 2 fully saturated rings. The van der Waals surface area contributed by atoms with Gasteiger partial charge in [0.25, 0.3) is 0 Å². The van der Waals surface area contributed by atoms with Gasteiger partial charge in [-0.3, -0.25) is 19.8 Å². The van der Waals surface area contributed by atoms with Gasteiger partial charge in [-0.2, -0.15) is 0 Å². The molecule has 4 rings (SSSR count). The topological polar surface area (TPSA) is 78.5 Å². The lowest BCUT2D eigenvalue weighted by Crippen LogP contribution is -2.61. The fraction of sp³-hybridized carbons (Fsp3) is 0.500. The quantitative estimate of drug-likeness (QED) is 0.782. The number of nitrogens with one attached hydrogen (secondary N) is 2. The molecule has 0 unspecified atom stereocenters. The van der Waals surface area contributed by atoms with Gasteiger partial charge < -0.3 is 5.32 Å². The second-order valence-corrected chi connectivity index (χ2v) is 7.93. The van der Waals surface area contributed by atoms with Crippen molar-refractivity contribution in [1.29, 1.82) is 0 Å². The molecule has 4 amide bonds. The number of hydrogen-bond donors (Lipinski definition) is 2. The van der Waals surface area contributed by atoms with Gasteiger partial charge >= 0.3 is 6.03 Å². The number of carbonyl (C=O) groups is 3. The number of anilines is 1. The van der Waals surface area contributed by atoms with Gasteiger partial charge in [-0.1, -0.05) is 31.4 Å². The molecule has 0 aromatic heterocycles. The number of urea groups is 1. The molecule has 1 saturated heterocycles. The minimum absolute atomic E-state index is 0.116. The summed E-state index contributed by atoms with van der Waals surface area (Å²) in [4.78, 5) is 39.4. The van der Waals surface area contributed by atoms with Crippen molar-refractivity contribution >= 4 is 23.5 Å². The van der Waals surface area contributed by atoms with Gasteiger partial charge in [0.05, 0.1) is 0 Å². The molecule has 1 aromatic carbocycles. The molecule has 2 aliphatic carbocycles. The van der Waals surface area contributed by atoms with Crippen LogP contribution in [-0.4, -0.2) is 28.8 Å². The number of amides is 4. The lowest BCUT2D eigenvalue weighted by Gasteiger charge is -2.38. The summed E-state index contributed by atoms with van der Waals surface area (Å²) in [5.74, 6) is -1.98. The van der Waals surface area contributed by atoms with E-state index >= 15 is 0 Å². The van der Waals surface area contributed by atoms with Gasteiger partial charge in [0.2, 0.25) is 11.8 Å². The first kappa shape index (κ1) is 18.7. The fourth-order valence-electron chi connectivity index (χ4n) is 4.68. The molecule has 2 N–H and O–H groups in total. The third-order valence-electron chi connectivity index (χ3n) is 6.14. The molecule has 6 heteroatoms. The van der Waals surface area contributed by atoms with Crippen LogP contribution >= 0.6 is 0 Å². The van der Waals surface area contributed by atoms with Crippen LogP contribution in [-0.2, 0) is 22.4 Å². The molecule has 1 heterocycles. The van der Waals surface area contributed by atoms with Gasteiger partial charge in [0.1, 0.15) is 0 Å². The van der Waals surface area contributed by atoms with E-state index in [9.17, 15) is 14.4 Å². The Bertz CT molecular complexity index is 839. The van der Waals surface area contributed by atoms with Crippen LogP contribution < -0.4 is 10.6 Å². The third kappa shape index (κ3) is 3.43. The van der Waals surface area contributed by atoms with Crippen molar-refractivity contribution in [2.75, 3.05) is 5.32 Å². The lowest BCUT2D eigenvalue weighted by molar-refractivity contribution is -0.142. The molecular weight excluding hydrogens is 354 g/mol. The van der Waals surface area contributed by atoms with Gasteiger partial charge in [-0.05, 0) is 62.3 Å². The molecule has 28 heavy (non-hydrogen) atoms. The highest BCUT2D eigenvalue weighted by molar-refractivity contribution is 6.18. The second-order valence-electron chi connectivity index (χ2n) is 7.93. The van der Waals surface area contributed by atoms with Crippen molar-refractivity contribution < 1.29 is 14.4 Å². The van der Waals surface area contributed by atoms with Crippen molar-refractivity contribution in [2.24, 2.45) is 5.92 Å². The zero-order valence-corrected chi connectivity index (χ0v) is 16.3. The molecule has 1 aliphatic heterocycles. The molecule has 0 spiro atoms. The highest BCUT2D eigenvalue weighted by Gasteiger charge is 2.45. The average molecular weight is 381 g/mol. The molecule has 3 aliphatic rings. The van der Waals surface area contributed by atoms with Gasteiger partial charge in [-0.25, -0.2) is 4.79 Å². The van der Waals surface area contributed by atoms with Crippen LogP contribution in [0.15, 0.2) is 30.0 Å². The summed E-state index contributed by atoms with van der Waals surface area (Å²) in [5, 5.41) is 5.66. The molecule has 148 valence electrons. The summed E-state index contributed by atoms with van der Waals surface area (Å²) in [5.41, 5.74) is 4.08. The molecule has 0 radical (unpaired) electrons. The molecule has 1 atom stereocenters. The van der Waals surface area contributed by atoms with Gasteiger partial charge in [-0.15, -0.1) is 0 Å². The number of carbonyl (C=O) groups excluding carboxylic acids is 3. The van der Waals surface area contributed by atoms with Crippen LogP contribution in [0.2, 0.25) is 0 Å². The number of rotatable bonds is 4. The number of barbiturate groups is 1. The minimum atomic E-state index is -1.02. The van der Waals surface area contributed by atoms with Crippen LogP contribution in [0.25, 0.3) is 0 Å². The Morgan fingerprint density at radius 3 is 2.57 bits per heavy atom. The van der Waals surface area contributed by atoms with Crippen LogP contribution in [0.1, 0.15) is 56.6 Å². The minimum Gasteiger partial charge on any atom is -0.358 e. The maximum atomic E-state index is 13.2. The monoisotopic (exact) mass is 381 g/mol. The van der Waals surface area contributed by atoms with E-state index in [2.05, 4.69) is 22.8 Å². The molecule has 0 bridgehead atoms. The molecule has 1 aromatic rings. The number of benzene rings is 1. The summed E-state index contributed by atoms with van der Waals surface area (Å²) < 4.78 is 0. The maximum absolute atomic E-state index is 13.2. The SMILES string of the molecule is C/C=C(/Nc1ccc2c(c1)CCC2)[C@@H]1C(=O)NC(=O)N(C2CCCCC2)C1=O. The zero-order valence-electron chi connectivity index (χ0n) is 16.3. The van der Waals surface area contributed by atoms with Crippen molar-refractivity contribution in [3.8, 4) is 0 Å². The number of imide groups is 2. The Kier molecular flexibility index (Phi) is 5.20. The Hall–Kier alpha value is -2.63. The van der Waals surface area contributed by atoms with Crippen LogP contribution in [0.4, 0.5) is 10.5 Å². The van der Waals surface area contributed by atoms with E-state index in [0.717, 1.165) is 57.1 Å². The van der Waals surface area contributed by atoms with E-state index < -0.39 is 23.8 Å². The van der Waals surface area contributed by atoms with E-state index in [1.807, 2.05) is 6.07 Å². The predicted octanol–water partition coefficient (Wildman–Crippen LogP) is 3.52. The van der Waals surface area contributed by atoms with Crippen LogP contribution in [0, 0.1) is 5.92 Å². The average Bonchev–Trinajstić information content (AvgIpc) is 3.15. The Morgan fingerprint density at radius 1 is 1.07 bits per heavy atom. The number of fused-ring (bicyclic) bond motifs is 1. The van der Waals surface area contributed by atoms with Crippen LogP contribution in [0.5, 0.6) is 0 Å². The number of allylic oxidation sites excluding steroid dienone is 1. The fourth-order valence-corrected chi connectivity index (χ4v) is 4.68. The Labute approximate surface area is 165 Å². The van der Waals surface area contributed by atoms with Crippen molar-refractivity contribution in [2.45, 2.75) is 64.3 Å².